The van der Waals surface area contributed by atoms with Crippen molar-refractivity contribution in [1.29, 1.82) is 0 Å². The van der Waals surface area contributed by atoms with Crippen molar-refractivity contribution in [2.24, 2.45) is 0 Å². The van der Waals surface area contributed by atoms with Crippen molar-refractivity contribution >= 4 is 22.5 Å². The zero-order valence-corrected chi connectivity index (χ0v) is 12.4. The van der Waals surface area contributed by atoms with E-state index in [1.165, 1.54) is 0 Å². The van der Waals surface area contributed by atoms with Crippen LogP contribution >= 0.6 is 0 Å². The number of aryl methyl sites for hydroxylation is 3. The van der Waals surface area contributed by atoms with Crippen molar-refractivity contribution in [2.75, 3.05) is 5.32 Å². The molecule has 2 aromatic heterocycles. The Hall–Kier alpha value is -2.56. The van der Waals surface area contributed by atoms with Crippen LogP contribution in [0, 0.1) is 20.8 Å². The maximum absolute atomic E-state index is 12.3. The molecule has 5 heteroatoms. The maximum atomic E-state index is 12.3. The molecule has 0 spiro atoms. The van der Waals surface area contributed by atoms with Crippen molar-refractivity contribution in [2.45, 2.75) is 27.3 Å². The Balaban J connectivity index is 1.85. The second kappa shape index (κ2) is 5.09. The number of aromatic amines is 1. The summed E-state index contributed by atoms with van der Waals surface area (Å²) in [7, 11) is 0. The molecule has 3 aromatic rings. The van der Waals surface area contributed by atoms with Crippen LogP contribution in [0.1, 0.15) is 17.1 Å². The first kappa shape index (κ1) is 13.4. The summed E-state index contributed by atoms with van der Waals surface area (Å²) >= 11 is 0. The summed E-state index contributed by atoms with van der Waals surface area (Å²) < 4.78 is 2.02. The molecule has 108 valence electrons. The number of amides is 1. The number of rotatable bonds is 3. The van der Waals surface area contributed by atoms with Crippen molar-refractivity contribution in [3.8, 4) is 0 Å². The number of anilines is 1. The highest BCUT2D eigenvalue weighted by Crippen LogP contribution is 2.20. The Morgan fingerprint density at radius 3 is 2.76 bits per heavy atom. The van der Waals surface area contributed by atoms with Crippen LogP contribution in [0.2, 0.25) is 0 Å². The van der Waals surface area contributed by atoms with Crippen LogP contribution in [0.4, 0.5) is 5.69 Å². The summed E-state index contributed by atoms with van der Waals surface area (Å²) in [6.45, 7) is 6.08. The summed E-state index contributed by atoms with van der Waals surface area (Å²) in [6.07, 6.45) is 0. The van der Waals surface area contributed by atoms with Crippen LogP contribution in [0.25, 0.3) is 10.9 Å². The second-order valence-corrected chi connectivity index (χ2v) is 5.29. The molecule has 21 heavy (non-hydrogen) atoms. The zero-order chi connectivity index (χ0) is 15.0. The minimum atomic E-state index is -0.0490. The van der Waals surface area contributed by atoms with Gasteiger partial charge in [-0.15, -0.1) is 0 Å². The lowest BCUT2D eigenvalue weighted by Gasteiger charge is -2.09. The SMILES string of the molecule is Cc1n[nH]c(C)c1NC(=O)Cn1c(C)cc2ccccc21. The van der Waals surface area contributed by atoms with Gasteiger partial charge in [0.25, 0.3) is 0 Å². The van der Waals surface area contributed by atoms with Crippen LogP contribution in [-0.2, 0) is 11.3 Å². The molecule has 0 atom stereocenters. The zero-order valence-electron chi connectivity index (χ0n) is 12.4. The van der Waals surface area contributed by atoms with E-state index in [-0.39, 0.29) is 5.91 Å². The smallest absolute Gasteiger partial charge is 0.244 e. The first-order valence-electron chi connectivity index (χ1n) is 6.92. The molecule has 0 saturated carbocycles. The average molecular weight is 282 g/mol. The Morgan fingerprint density at radius 1 is 1.29 bits per heavy atom. The third-order valence-electron chi connectivity index (χ3n) is 3.71. The number of para-hydroxylation sites is 1. The highest BCUT2D eigenvalue weighted by Gasteiger charge is 2.13. The molecule has 0 aliphatic heterocycles. The molecule has 5 nitrogen and oxygen atoms in total. The maximum Gasteiger partial charge on any atom is 0.244 e. The largest absolute Gasteiger partial charge is 0.335 e. The molecular formula is C16H18N4O. The molecule has 0 aliphatic carbocycles. The van der Waals surface area contributed by atoms with E-state index in [0.29, 0.717) is 6.54 Å². The Morgan fingerprint density at radius 2 is 2.05 bits per heavy atom. The molecule has 2 heterocycles. The van der Waals surface area contributed by atoms with Crippen molar-refractivity contribution in [1.82, 2.24) is 14.8 Å². The molecule has 0 radical (unpaired) electrons. The van der Waals surface area contributed by atoms with Gasteiger partial charge in [0.05, 0.1) is 17.1 Å². The van der Waals surface area contributed by atoms with Gasteiger partial charge in [0.1, 0.15) is 6.54 Å². The fourth-order valence-electron chi connectivity index (χ4n) is 2.62. The van der Waals surface area contributed by atoms with Gasteiger partial charge in [-0.2, -0.15) is 5.10 Å². The minimum Gasteiger partial charge on any atom is -0.335 e. The van der Waals surface area contributed by atoms with Gasteiger partial charge in [-0.1, -0.05) is 18.2 Å². The Bertz CT molecular complexity index is 793. The number of hydrogen-bond acceptors (Lipinski definition) is 2. The van der Waals surface area contributed by atoms with Gasteiger partial charge >= 0.3 is 0 Å². The molecular weight excluding hydrogens is 264 g/mol. The summed E-state index contributed by atoms with van der Waals surface area (Å²) in [5, 5.41) is 11.0. The van der Waals surface area contributed by atoms with Gasteiger partial charge in [-0.05, 0) is 38.3 Å². The van der Waals surface area contributed by atoms with E-state index in [2.05, 4.69) is 27.6 Å². The average Bonchev–Trinajstić information content (AvgIpc) is 2.93. The molecule has 0 fully saturated rings. The van der Waals surface area contributed by atoms with Gasteiger partial charge in [-0.25, -0.2) is 0 Å². The Kier molecular flexibility index (Phi) is 3.25. The van der Waals surface area contributed by atoms with E-state index < -0.39 is 0 Å². The lowest BCUT2D eigenvalue weighted by molar-refractivity contribution is -0.116. The van der Waals surface area contributed by atoms with E-state index in [4.69, 9.17) is 0 Å². The number of nitrogens with one attached hydrogen (secondary N) is 2. The number of carbonyl (C=O) groups excluding carboxylic acids is 1. The summed E-state index contributed by atoms with van der Waals surface area (Å²) in [6, 6.07) is 10.2. The van der Waals surface area contributed by atoms with Crippen LogP contribution in [0.15, 0.2) is 30.3 Å². The Labute approximate surface area is 123 Å². The van der Waals surface area contributed by atoms with Crippen molar-refractivity contribution in [3.05, 3.63) is 47.4 Å². The monoisotopic (exact) mass is 282 g/mol. The third kappa shape index (κ3) is 2.42. The van der Waals surface area contributed by atoms with Crippen molar-refractivity contribution in [3.63, 3.8) is 0 Å². The second-order valence-electron chi connectivity index (χ2n) is 5.29. The predicted octanol–water partition coefficient (Wildman–Crippen LogP) is 2.93. The summed E-state index contributed by atoms with van der Waals surface area (Å²) in [4.78, 5) is 12.3. The van der Waals surface area contributed by atoms with E-state index in [1.54, 1.807) is 0 Å². The number of benzene rings is 1. The molecule has 3 rings (SSSR count). The summed E-state index contributed by atoms with van der Waals surface area (Å²) in [5.74, 6) is -0.0490. The van der Waals surface area contributed by atoms with E-state index in [1.807, 2.05) is 43.5 Å². The number of fused-ring (bicyclic) bond motifs is 1. The normalized spacial score (nSPS) is 11.0. The highest BCUT2D eigenvalue weighted by atomic mass is 16.2. The number of aromatic nitrogens is 3. The van der Waals surface area contributed by atoms with Gasteiger partial charge in [-0.3, -0.25) is 9.89 Å². The number of carbonyl (C=O) groups is 1. The van der Waals surface area contributed by atoms with Crippen LogP contribution in [0.5, 0.6) is 0 Å². The first-order chi connectivity index (χ1) is 10.1. The van der Waals surface area contributed by atoms with Gasteiger partial charge in [0.15, 0.2) is 0 Å². The molecule has 2 N–H and O–H groups in total. The quantitative estimate of drug-likeness (QED) is 0.776. The number of hydrogen-bond donors (Lipinski definition) is 2. The predicted molar refractivity (Wildman–Crippen MR) is 83.4 cm³/mol. The third-order valence-corrected chi connectivity index (χ3v) is 3.71. The van der Waals surface area contributed by atoms with Crippen LogP contribution in [-0.4, -0.2) is 20.7 Å². The highest BCUT2D eigenvalue weighted by molar-refractivity contribution is 5.93. The number of nitrogens with zero attached hydrogens (tertiary/aromatic N) is 2. The lowest BCUT2D eigenvalue weighted by Crippen LogP contribution is -2.20. The molecule has 0 saturated heterocycles. The fourth-order valence-corrected chi connectivity index (χ4v) is 2.62. The summed E-state index contributed by atoms with van der Waals surface area (Å²) in [5.41, 5.74) is 4.59. The molecule has 1 aromatic carbocycles. The number of H-pyrrole nitrogens is 1. The van der Waals surface area contributed by atoms with Crippen LogP contribution < -0.4 is 5.32 Å². The topological polar surface area (TPSA) is 62.7 Å². The van der Waals surface area contributed by atoms with Gasteiger partial charge < -0.3 is 9.88 Å². The lowest BCUT2D eigenvalue weighted by atomic mass is 10.2. The van der Waals surface area contributed by atoms with Crippen LogP contribution in [0.3, 0.4) is 0 Å². The molecule has 0 unspecified atom stereocenters. The standard InChI is InChI=1S/C16H18N4O/c1-10-8-13-6-4-5-7-14(13)20(10)9-15(21)17-16-11(2)18-19-12(16)3/h4-8H,9H2,1-3H3,(H,17,21)(H,18,19). The van der Waals surface area contributed by atoms with E-state index in [0.717, 1.165) is 33.7 Å². The fraction of sp³-hybridized carbons (Fsp3) is 0.250. The minimum absolute atomic E-state index is 0.0490. The molecule has 0 aliphatic rings. The van der Waals surface area contributed by atoms with E-state index in [9.17, 15) is 4.79 Å². The first-order valence-corrected chi connectivity index (χ1v) is 6.92. The molecule has 0 bridgehead atoms. The van der Waals surface area contributed by atoms with Crippen molar-refractivity contribution < 1.29 is 4.79 Å². The van der Waals surface area contributed by atoms with Gasteiger partial charge in [0.2, 0.25) is 5.91 Å². The van der Waals surface area contributed by atoms with E-state index >= 15 is 0 Å². The van der Waals surface area contributed by atoms with Gasteiger partial charge in [0, 0.05) is 11.2 Å². The molecule has 1 amide bonds.